The predicted molar refractivity (Wildman–Crippen MR) is 99.4 cm³/mol. The molecule has 132 valence electrons. The molecule has 0 spiro atoms. The van der Waals surface area contributed by atoms with Crippen LogP contribution in [0.3, 0.4) is 0 Å². The highest BCUT2D eigenvalue weighted by Crippen LogP contribution is 2.43. The molecule has 24 heavy (non-hydrogen) atoms. The number of carbonyl (C=O) groups is 1. The summed E-state index contributed by atoms with van der Waals surface area (Å²) in [6.45, 7) is 9.43. The molecule has 3 rings (SSSR count). The van der Waals surface area contributed by atoms with E-state index in [0.717, 1.165) is 12.1 Å². The van der Waals surface area contributed by atoms with Crippen LogP contribution < -0.4 is 10.2 Å². The second kappa shape index (κ2) is 6.87. The van der Waals surface area contributed by atoms with E-state index < -0.39 is 0 Å². The van der Waals surface area contributed by atoms with Crippen LogP contribution in [-0.4, -0.2) is 24.0 Å². The molecule has 1 aromatic rings. The van der Waals surface area contributed by atoms with Crippen molar-refractivity contribution in [2.45, 2.75) is 83.7 Å². The summed E-state index contributed by atoms with van der Waals surface area (Å²) < 4.78 is 0. The van der Waals surface area contributed by atoms with Gasteiger partial charge >= 0.3 is 0 Å². The van der Waals surface area contributed by atoms with Gasteiger partial charge in [-0.15, -0.1) is 0 Å². The molecule has 1 aliphatic heterocycles. The number of hydrogen-bond acceptors (Lipinski definition) is 1. The highest BCUT2D eigenvalue weighted by Gasteiger charge is 2.40. The average molecular weight is 330 g/mol. The van der Waals surface area contributed by atoms with Gasteiger partial charge in [0.05, 0.1) is 6.04 Å². The Labute approximate surface area is 146 Å². The minimum Gasteiger partial charge on any atom is -0.336 e. The summed E-state index contributed by atoms with van der Waals surface area (Å²) in [6, 6.07) is 7.20. The molecular weight excluding hydrogens is 296 g/mol. The molecule has 3 nitrogen and oxygen atoms in total. The van der Waals surface area contributed by atoms with Gasteiger partial charge in [0, 0.05) is 11.2 Å². The molecule has 2 aliphatic rings. The zero-order valence-corrected chi connectivity index (χ0v) is 15.8. The normalized spacial score (nSPS) is 23.8. The summed E-state index contributed by atoms with van der Waals surface area (Å²) in [5.41, 5.74) is 3.63. The van der Waals surface area contributed by atoms with E-state index in [2.05, 4.69) is 56.1 Å². The van der Waals surface area contributed by atoms with Crippen molar-refractivity contribution in [1.29, 1.82) is 0 Å². The zero-order valence-electron chi connectivity index (χ0n) is 15.8. The fourth-order valence-electron chi connectivity index (χ4n) is 4.75. The molecule has 1 saturated carbocycles. The van der Waals surface area contributed by atoms with Gasteiger partial charge in [0.2, 0.25) is 0 Å². The van der Waals surface area contributed by atoms with Gasteiger partial charge in [0.1, 0.15) is 0 Å². The van der Waals surface area contributed by atoms with Gasteiger partial charge < -0.3 is 10.2 Å². The summed E-state index contributed by atoms with van der Waals surface area (Å²) in [5, 5.41) is 2.30. The van der Waals surface area contributed by atoms with E-state index in [-0.39, 0.29) is 11.4 Å². The van der Waals surface area contributed by atoms with Gasteiger partial charge in [-0.25, -0.2) is 0 Å². The molecule has 1 aliphatic carbocycles. The number of carbonyl (C=O) groups excluding carboxylic acids is 1. The van der Waals surface area contributed by atoms with Crippen LogP contribution in [0.5, 0.6) is 0 Å². The minimum atomic E-state index is -0.112. The lowest BCUT2D eigenvalue weighted by atomic mass is 9.79. The van der Waals surface area contributed by atoms with E-state index in [9.17, 15) is 4.79 Å². The first-order valence-electron chi connectivity index (χ1n) is 9.65. The van der Waals surface area contributed by atoms with Gasteiger partial charge in [0.25, 0.3) is 5.91 Å². The molecule has 0 saturated heterocycles. The third-order valence-electron chi connectivity index (χ3n) is 5.89. The minimum absolute atomic E-state index is 0.112. The predicted octanol–water partition coefficient (Wildman–Crippen LogP) is 3.51. The summed E-state index contributed by atoms with van der Waals surface area (Å²) in [5.74, 6) is 0.767. The number of amides is 1. The van der Waals surface area contributed by atoms with Crippen molar-refractivity contribution in [3.05, 3.63) is 29.3 Å². The number of nitrogens with two attached hydrogens (primary N) is 1. The highest BCUT2D eigenvalue weighted by atomic mass is 16.2. The number of benzene rings is 1. The number of nitrogens with zero attached hydrogens (tertiary/aromatic N) is 1. The number of anilines is 1. The van der Waals surface area contributed by atoms with E-state index in [1.165, 1.54) is 43.2 Å². The monoisotopic (exact) mass is 329 g/mol. The summed E-state index contributed by atoms with van der Waals surface area (Å²) in [4.78, 5) is 15.2. The topological polar surface area (TPSA) is 36.9 Å². The number of hydrogen-bond donors (Lipinski definition) is 1. The summed E-state index contributed by atoms with van der Waals surface area (Å²) >= 11 is 0. The number of fused-ring (bicyclic) bond motifs is 1. The molecule has 1 amide bonds. The number of rotatable bonds is 3. The van der Waals surface area contributed by atoms with E-state index in [1.54, 1.807) is 0 Å². The van der Waals surface area contributed by atoms with Crippen molar-refractivity contribution >= 4 is 11.6 Å². The van der Waals surface area contributed by atoms with Crippen molar-refractivity contribution in [3.63, 3.8) is 0 Å². The van der Waals surface area contributed by atoms with Crippen LogP contribution in [0.2, 0.25) is 0 Å². The SMILES string of the molecule is Cc1ccc2c(c1)[C@@H](C)CC(C)(C)N2C(=O)C[NH2+]C1CCCCC1. The third-order valence-corrected chi connectivity index (χ3v) is 5.89. The van der Waals surface area contributed by atoms with Crippen molar-refractivity contribution in [2.75, 3.05) is 11.4 Å². The highest BCUT2D eigenvalue weighted by molar-refractivity contribution is 5.96. The van der Waals surface area contributed by atoms with Crippen LogP contribution in [0.4, 0.5) is 5.69 Å². The van der Waals surface area contributed by atoms with Crippen LogP contribution >= 0.6 is 0 Å². The lowest BCUT2D eigenvalue weighted by Gasteiger charge is -2.46. The van der Waals surface area contributed by atoms with Crippen LogP contribution in [0.1, 0.15) is 76.3 Å². The van der Waals surface area contributed by atoms with Gasteiger partial charge in [-0.2, -0.15) is 0 Å². The molecule has 1 atom stereocenters. The molecule has 1 heterocycles. The standard InChI is InChI=1S/C21H32N2O/c1-15-10-11-19-18(12-15)16(2)13-21(3,4)23(19)20(24)14-22-17-8-6-5-7-9-17/h10-12,16-17,22H,5-9,13-14H2,1-4H3/p+1/t16-/m0/s1. The Bertz CT molecular complexity index is 602. The first kappa shape index (κ1) is 17.5. The Hall–Kier alpha value is -1.35. The Morgan fingerprint density at radius 1 is 1.25 bits per heavy atom. The van der Waals surface area contributed by atoms with Crippen LogP contribution in [0, 0.1) is 6.92 Å². The molecule has 1 fully saturated rings. The van der Waals surface area contributed by atoms with Crippen LogP contribution in [0.25, 0.3) is 0 Å². The van der Waals surface area contributed by atoms with Gasteiger partial charge in [-0.1, -0.05) is 31.0 Å². The van der Waals surface area contributed by atoms with E-state index in [1.807, 2.05) is 0 Å². The van der Waals surface area contributed by atoms with Gasteiger partial charge in [-0.05, 0) is 70.4 Å². The van der Waals surface area contributed by atoms with Crippen LogP contribution in [0.15, 0.2) is 18.2 Å². The van der Waals surface area contributed by atoms with Crippen LogP contribution in [-0.2, 0) is 4.79 Å². The molecule has 0 radical (unpaired) electrons. The summed E-state index contributed by atoms with van der Waals surface area (Å²) in [6.07, 6.45) is 7.57. The lowest BCUT2D eigenvalue weighted by Crippen LogP contribution is -2.92. The maximum atomic E-state index is 13.1. The van der Waals surface area contributed by atoms with Crippen molar-refractivity contribution in [3.8, 4) is 0 Å². The van der Waals surface area contributed by atoms with E-state index in [0.29, 0.717) is 18.5 Å². The molecular formula is C21H33N2O+. The average Bonchev–Trinajstić information content (AvgIpc) is 2.54. The first-order valence-corrected chi connectivity index (χ1v) is 9.65. The molecule has 0 unspecified atom stereocenters. The fraction of sp³-hybridized carbons (Fsp3) is 0.667. The van der Waals surface area contributed by atoms with Gasteiger partial charge in [-0.3, -0.25) is 4.79 Å². The Morgan fingerprint density at radius 2 is 1.96 bits per heavy atom. The van der Waals surface area contributed by atoms with E-state index in [4.69, 9.17) is 0 Å². The molecule has 1 aromatic carbocycles. The second-order valence-electron chi connectivity index (χ2n) is 8.55. The summed E-state index contributed by atoms with van der Waals surface area (Å²) in [7, 11) is 0. The molecule has 2 N–H and O–H groups in total. The Balaban J connectivity index is 1.79. The van der Waals surface area contributed by atoms with E-state index >= 15 is 0 Å². The molecule has 0 aromatic heterocycles. The third kappa shape index (κ3) is 3.51. The maximum Gasteiger partial charge on any atom is 0.282 e. The first-order chi connectivity index (χ1) is 11.4. The number of aryl methyl sites for hydroxylation is 1. The zero-order chi connectivity index (χ0) is 17.3. The number of quaternary nitrogens is 1. The lowest BCUT2D eigenvalue weighted by molar-refractivity contribution is -0.681. The van der Waals surface area contributed by atoms with Crippen molar-refractivity contribution in [1.82, 2.24) is 0 Å². The molecule has 0 bridgehead atoms. The maximum absolute atomic E-state index is 13.1. The van der Waals surface area contributed by atoms with Gasteiger partial charge in [0.15, 0.2) is 6.54 Å². The second-order valence-corrected chi connectivity index (χ2v) is 8.55. The van der Waals surface area contributed by atoms with Crippen molar-refractivity contribution in [2.24, 2.45) is 0 Å². The fourth-order valence-corrected chi connectivity index (χ4v) is 4.75. The molecule has 3 heteroatoms. The Morgan fingerprint density at radius 3 is 2.67 bits per heavy atom. The smallest absolute Gasteiger partial charge is 0.282 e. The largest absolute Gasteiger partial charge is 0.336 e. The quantitative estimate of drug-likeness (QED) is 0.905. The Kier molecular flexibility index (Phi) is 5.00. The van der Waals surface area contributed by atoms with Crippen molar-refractivity contribution < 1.29 is 10.1 Å².